The highest BCUT2D eigenvalue weighted by Crippen LogP contribution is 2.28. The number of hydrogen-bond donors (Lipinski definition) is 1. The molecule has 2 heterocycles. The summed E-state index contributed by atoms with van der Waals surface area (Å²) < 4.78 is 15.2. The molecule has 24 heavy (non-hydrogen) atoms. The van der Waals surface area contributed by atoms with Crippen LogP contribution in [0.4, 0.5) is 10.1 Å². The Labute approximate surface area is 140 Å². The standard InChI is InChI=1S/C17H14FN3O2S/c18-11-5-1-2-6-12(11)20-15(22)10-9-19-17-21(16(10)23)13-7-3-4-8-14(13)24-17/h1-2,5-6,9H,3-4,7-8H2,(H,20,22). The van der Waals surface area contributed by atoms with E-state index >= 15 is 0 Å². The number of rotatable bonds is 2. The first-order valence-corrected chi connectivity index (χ1v) is 8.55. The molecular weight excluding hydrogens is 329 g/mol. The summed E-state index contributed by atoms with van der Waals surface area (Å²) in [6, 6.07) is 5.84. The van der Waals surface area contributed by atoms with Crippen LogP contribution in [-0.2, 0) is 12.8 Å². The van der Waals surface area contributed by atoms with Gasteiger partial charge < -0.3 is 5.32 Å². The largest absolute Gasteiger partial charge is 0.319 e. The zero-order valence-corrected chi connectivity index (χ0v) is 13.5. The van der Waals surface area contributed by atoms with Crippen LogP contribution in [0.25, 0.3) is 4.96 Å². The van der Waals surface area contributed by atoms with Crippen molar-refractivity contribution in [2.75, 3.05) is 5.32 Å². The molecule has 2 aromatic heterocycles. The van der Waals surface area contributed by atoms with Crippen LogP contribution in [0.5, 0.6) is 0 Å². The van der Waals surface area contributed by atoms with Crippen molar-refractivity contribution in [1.82, 2.24) is 9.38 Å². The van der Waals surface area contributed by atoms with Crippen LogP contribution in [0.3, 0.4) is 0 Å². The molecule has 0 saturated carbocycles. The van der Waals surface area contributed by atoms with Crippen molar-refractivity contribution < 1.29 is 9.18 Å². The van der Waals surface area contributed by atoms with E-state index in [0.717, 1.165) is 36.3 Å². The minimum atomic E-state index is -0.650. The van der Waals surface area contributed by atoms with Crippen molar-refractivity contribution >= 4 is 27.9 Å². The predicted octanol–water partition coefficient (Wildman–Crippen LogP) is 3.03. The number of nitrogens with one attached hydrogen (secondary N) is 1. The highest BCUT2D eigenvalue weighted by molar-refractivity contribution is 7.17. The molecule has 1 amide bonds. The number of thiazole rings is 1. The second kappa shape index (κ2) is 5.83. The van der Waals surface area contributed by atoms with Crippen LogP contribution in [0, 0.1) is 5.82 Å². The first-order chi connectivity index (χ1) is 11.6. The van der Waals surface area contributed by atoms with Crippen LogP contribution in [0.15, 0.2) is 35.3 Å². The first kappa shape index (κ1) is 15.0. The minimum absolute atomic E-state index is 0.0411. The van der Waals surface area contributed by atoms with Crippen LogP contribution in [-0.4, -0.2) is 15.3 Å². The summed E-state index contributed by atoms with van der Waals surface area (Å²) in [4.78, 5) is 31.2. The second-order valence-electron chi connectivity index (χ2n) is 5.71. The summed E-state index contributed by atoms with van der Waals surface area (Å²) >= 11 is 1.50. The molecule has 0 fully saturated rings. The smallest absolute Gasteiger partial charge is 0.271 e. The Morgan fingerprint density at radius 2 is 2.04 bits per heavy atom. The van der Waals surface area contributed by atoms with Crippen LogP contribution < -0.4 is 10.9 Å². The number of benzene rings is 1. The van der Waals surface area contributed by atoms with Crippen LogP contribution in [0.1, 0.15) is 33.8 Å². The first-order valence-electron chi connectivity index (χ1n) is 7.73. The molecule has 0 aliphatic heterocycles. The molecule has 1 aliphatic rings. The quantitative estimate of drug-likeness (QED) is 0.778. The molecule has 0 bridgehead atoms. The Kier molecular flexibility index (Phi) is 3.65. The maximum Gasteiger partial charge on any atom is 0.271 e. The second-order valence-corrected chi connectivity index (χ2v) is 6.77. The SMILES string of the molecule is O=C(Nc1ccccc1F)c1cnc2sc3c(n2c1=O)CCCC3. The van der Waals surface area contributed by atoms with Crippen LogP contribution >= 0.6 is 11.3 Å². The van der Waals surface area contributed by atoms with Crippen molar-refractivity contribution in [3.8, 4) is 0 Å². The third kappa shape index (κ3) is 2.41. The van der Waals surface area contributed by atoms with E-state index in [1.165, 1.54) is 40.1 Å². The summed E-state index contributed by atoms with van der Waals surface area (Å²) in [6.07, 6.45) is 5.16. The lowest BCUT2D eigenvalue weighted by Crippen LogP contribution is -2.27. The average Bonchev–Trinajstić information content (AvgIpc) is 2.96. The normalized spacial score (nSPS) is 13.7. The van der Waals surface area contributed by atoms with E-state index < -0.39 is 17.3 Å². The number of hydrogen-bond acceptors (Lipinski definition) is 4. The monoisotopic (exact) mass is 343 g/mol. The van der Waals surface area contributed by atoms with Gasteiger partial charge in [-0.15, -0.1) is 11.3 Å². The number of nitrogens with zero attached hydrogens (tertiary/aromatic N) is 2. The number of carbonyl (C=O) groups excluding carboxylic acids is 1. The Hall–Kier alpha value is -2.54. The molecule has 0 spiro atoms. The van der Waals surface area contributed by atoms with E-state index in [2.05, 4.69) is 10.3 Å². The Morgan fingerprint density at radius 1 is 1.25 bits per heavy atom. The summed E-state index contributed by atoms with van der Waals surface area (Å²) in [5.41, 5.74) is 0.522. The van der Waals surface area contributed by atoms with Gasteiger partial charge in [-0.3, -0.25) is 14.0 Å². The molecule has 122 valence electrons. The van der Waals surface area contributed by atoms with Gasteiger partial charge >= 0.3 is 0 Å². The zero-order valence-electron chi connectivity index (χ0n) is 12.7. The lowest BCUT2D eigenvalue weighted by molar-refractivity contribution is 0.102. The third-order valence-corrected chi connectivity index (χ3v) is 5.33. The number of carbonyl (C=O) groups is 1. The summed E-state index contributed by atoms with van der Waals surface area (Å²) in [5, 5.41) is 2.44. The van der Waals surface area contributed by atoms with Crippen molar-refractivity contribution in [1.29, 1.82) is 0 Å². The molecule has 1 aliphatic carbocycles. The zero-order chi connectivity index (χ0) is 16.7. The van der Waals surface area contributed by atoms with Crippen molar-refractivity contribution in [2.45, 2.75) is 25.7 Å². The highest BCUT2D eigenvalue weighted by atomic mass is 32.1. The van der Waals surface area contributed by atoms with E-state index in [4.69, 9.17) is 0 Å². The lowest BCUT2D eigenvalue weighted by atomic mass is 10.0. The molecule has 7 heteroatoms. The summed E-state index contributed by atoms with van der Waals surface area (Å²) in [5.74, 6) is -1.20. The van der Waals surface area contributed by atoms with Gasteiger partial charge in [0.2, 0.25) is 0 Å². The molecule has 1 aromatic carbocycles. The molecule has 0 atom stereocenters. The lowest BCUT2D eigenvalue weighted by Gasteiger charge is -2.10. The summed E-state index contributed by atoms with van der Waals surface area (Å²) in [6.45, 7) is 0. The fourth-order valence-corrected chi connectivity index (χ4v) is 4.14. The molecular formula is C17H14FN3O2S. The number of halogens is 1. The van der Waals surface area contributed by atoms with Gasteiger partial charge in [-0.1, -0.05) is 12.1 Å². The number of para-hydroxylation sites is 1. The fraction of sp³-hybridized carbons (Fsp3) is 0.235. The Balaban J connectivity index is 1.77. The molecule has 3 aromatic rings. The number of aromatic nitrogens is 2. The van der Waals surface area contributed by atoms with E-state index in [1.807, 2.05) is 0 Å². The number of fused-ring (bicyclic) bond motifs is 3. The maximum absolute atomic E-state index is 13.7. The van der Waals surface area contributed by atoms with Gasteiger partial charge in [-0.25, -0.2) is 9.37 Å². The van der Waals surface area contributed by atoms with Gasteiger partial charge in [0.15, 0.2) is 4.96 Å². The van der Waals surface area contributed by atoms with E-state index in [-0.39, 0.29) is 11.3 Å². The van der Waals surface area contributed by atoms with E-state index in [1.54, 1.807) is 6.07 Å². The van der Waals surface area contributed by atoms with Crippen molar-refractivity contribution in [2.24, 2.45) is 0 Å². The van der Waals surface area contributed by atoms with Gasteiger partial charge in [-0.2, -0.15) is 0 Å². The highest BCUT2D eigenvalue weighted by Gasteiger charge is 2.21. The van der Waals surface area contributed by atoms with Gasteiger partial charge in [0.1, 0.15) is 11.4 Å². The Bertz CT molecular complexity index is 1010. The number of amides is 1. The Morgan fingerprint density at radius 3 is 2.88 bits per heavy atom. The topological polar surface area (TPSA) is 63.5 Å². The molecule has 0 unspecified atom stereocenters. The fourth-order valence-electron chi connectivity index (χ4n) is 2.98. The van der Waals surface area contributed by atoms with E-state index in [9.17, 15) is 14.0 Å². The minimum Gasteiger partial charge on any atom is -0.319 e. The predicted molar refractivity (Wildman–Crippen MR) is 90.3 cm³/mol. The third-order valence-electron chi connectivity index (χ3n) is 4.17. The van der Waals surface area contributed by atoms with Gasteiger partial charge in [0, 0.05) is 16.8 Å². The van der Waals surface area contributed by atoms with Crippen molar-refractivity contribution in [3.63, 3.8) is 0 Å². The number of anilines is 1. The summed E-state index contributed by atoms with van der Waals surface area (Å²) in [7, 11) is 0. The average molecular weight is 343 g/mol. The van der Waals surface area contributed by atoms with Gasteiger partial charge in [-0.05, 0) is 37.8 Å². The molecule has 1 N–H and O–H groups in total. The molecule has 0 radical (unpaired) electrons. The molecule has 4 rings (SSSR count). The number of aryl methyl sites for hydroxylation is 2. The molecule has 5 nitrogen and oxygen atoms in total. The van der Waals surface area contributed by atoms with Crippen LogP contribution in [0.2, 0.25) is 0 Å². The van der Waals surface area contributed by atoms with Gasteiger partial charge in [0.05, 0.1) is 5.69 Å². The molecule has 0 saturated heterocycles. The maximum atomic E-state index is 13.7. The van der Waals surface area contributed by atoms with E-state index in [0.29, 0.717) is 4.96 Å². The van der Waals surface area contributed by atoms with Crippen molar-refractivity contribution in [3.05, 3.63) is 62.8 Å². The van der Waals surface area contributed by atoms with Gasteiger partial charge in [0.25, 0.3) is 11.5 Å².